The van der Waals surface area contributed by atoms with Crippen molar-refractivity contribution in [2.75, 3.05) is 33.0 Å². The molecular weight excluding hydrogens is 689 g/mol. The molecule has 55 heavy (non-hydrogen) atoms. The van der Waals surface area contributed by atoms with Crippen molar-refractivity contribution in [3.05, 3.63) is 36.4 Å². The zero-order valence-electron chi connectivity index (χ0n) is 35.5. The number of rotatable bonds is 26. The van der Waals surface area contributed by atoms with Gasteiger partial charge < -0.3 is 28.4 Å². The summed E-state index contributed by atoms with van der Waals surface area (Å²) in [6.07, 6.45) is 15.8. The highest BCUT2D eigenvalue weighted by Gasteiger charge is 2.26. The molecule has 0 radical (unpaired) electrons. The fourth-order valence-electron chi connectivity index (χ4n) is 6.58. The predicted octanol–water partition coefficient (Wildman–Crippen LogP) is 13.9. The molecule has 0 aliphatic heterocycles. The SMILES string of the molecule is CCCCCOc1cc2c3cc(OCCCCC)c(OCCCCC)cc3c3cc(OC(=O)C(C)(C)C)c(OCCCCC)cc3c2cc1OCCCCC. The lowest BCUT2D eigenvalue weighted by molar-refractivity contribution is -0.143. The van der Waals surface area contributed by atoms with Gasteiger partial charge in [-0.2, -0.15) is 0 Å². The normalized spacial score (nSPS) is 11.7. The van der Waals surface area contributed by atoms with Gasteiger partial charge in [0, 0.05) is 0 Å². The summed E-state index contributed by atoms with van der Waals surface area (Å²) in [5.74, 6) is 3.60. The minimum absolute atomic E-state index is 0.314. The second-order valence-corrected chi connectivity index (χ2v) is 16.0. The van der Waals surface area contributed by atoms with Gasteiger partial charge in [-0.3, -0.25) is 4.79 Å². The molecule has 0 aliphatic rings. The zero-order chi connectivity index (χ0) is 39.6. The monoisotopic (exact) mass is 759 g/mol. The molecule has 0 amide bonds. The predicted molar refractivity (Wildman–Crippen MR) is 229 cm³/mol. The van der Waals surface area contributed by atoms with Crippen LogP contribution in [-0.2, 0) is 4.79 Å². The Labute approximate surface area is 331 Å². The molecule has 0 saturated heterocycles. The van der Waals surface area contributed by atoms with Gasteiger partial charge in [0.05, 0.1) is 38.4 Å². The number of ether oxygens (including phenoxy) is 6. The molecule has 304 valence electrons. The summed E-state index contributed by atoms with van der Waals surface area (Å²) >= 11 is 0. The van der Waals surface area contributed by atoms with Crippen LogP contribution in [0.5, 0.6) is 34.5 Å². The summed E-state index contributed by atoms with van der Waals surface area (Å²) in [6.45, 7) is 19.6. The summed E-state index contributed by atoms with van der Waals surface area (Å²) in [5, 5.41) is 5.94. The maximum atomic E-state index is 13.4. The highest BCUT2D eigenvalue weighted by molar-refractivity contribution is 6.27. The number of carbonyl (C=O) groups excluding carboxylic acids is 1. The van der Waals surface area contributed by atoms with Crippen LogP contribution in [0.25, 0.3) is 32.3 Å². The van der Waals surface area contributed by atoms with Crippen molar-refractivity contribution in [2.24, 2.45) is 5.41 Å². The van der Waals surface area contributed by atoms with Crippen LogP contribution in [0.3, 0.4) is 0 Å². The number of carbonyl (C=O) groups is 1. The summed E-state index contributed by atoms with van der Waals surface area (Å²) in [6, 6.07) is 12.6. The van der Waals surface area contributed by atoms with Crippen molar-refractivity contribution < 1.29 is 33.2 Å². The highest BCUT2D eigenvalue weighted by atomic mass is 16.6. The van der Waals surface area contributed by atoms with E-state index in [-0.39, 0.29) is 5.97 Å². The van der Waals surface area contributed by atoms with E-state index in [1.807, 2.05) is 32.9 Å². The lowest BCUT2D eigenvalue weighted by Crippen LogP contribution is -2.25. The number of unbranched alkanes of at least 4 members (excludes halogenated alkanes) is 10. The van der Waals surface area contributed by atoms with E-state index in [9.17, 15) is 4.79 Å². The van der Waals surface area contributed by atoms with Crippen molar-refractivity contribution in [2.45, 2.75) is 152 Å². The fraction of sp³-hybridized carbons (Fsp3) is 0.604. The molecule has 0 saturated carbocycles. The average molecular weight is 759 g/mol. The molecule has 0 unspecified atom stereocenters. The molecule has 0 bridgehead atoms. The van der Waals surface area contributed by atoms with Crippen LogP contribution in [0.1, 0.15) is 152 Å². The third-order valence-electron chi connectivity index (χ3n) is 9.96. The summed E-state index contributed by atoms with van der Waals surface area (Å²) in [7, 11) is 0. The van der Waals surface area contributed by atoms with Crippen molar-refractivity contribution >= 4 is 38.3 Å². The molecule has 0 atom stereocenters. The van der Waals surface area contributed by atoms with Crippen LogP contribution >= 0.6 is 0 Å². The molecule has 4 aromatic rings. The lowest BCUT2D eigenvalue weighted by Gasteiger charge is -2.21. The van der Waals surface area contributed by atoms with Gasteiger partial charge in [0.15, 0.2) is 34.5 Å². The minimum Gasteiger partial charge on any atom is -0.490 e. The Kier molecular flexibility index (Phi) is 18.0. The van der Waals surface area contributed by atoms with Crippen molar-refractivity contribution in [1.82, 2.24) is 0 Å². The van der Waals surface area contributed by atoms with E-state index in [4.69, 9.17) is 28.4 Å². The maximum Gasteiger partial charge on any atom is 0.316 e. The third kappa shape index (κ3) is 12.6. The van der Waals surface area contributed by atoms with Crippen LogP contribution < -0.4 is 28.4 Å². The van der Waals surface area contributed by atoms with E-state index in [0.717, 1.165) is 152 Å². The smallest absolute Gasteiger partial charge is 0.316 e. The lowest BCUT2D eigenvalue weighted by atomic mass is 9.92. The Balaban J connectivity index is 2.05. The van der Waals surface area contributed by atoms with E-state index in [1.165, 1.54) is 0 Å². The van der Waals surface area contributed by atoms with Gasteiger partial charge in [0.25, 0.3) is 0 Å². The summed E-state index contributed by atoms with van der Waals surface area (Å²) in [4.78, 5) is 13.4. The fourth-order valence-corrected chi connectivity index (χ4v) is 6.58. The zero-order valence-corrected chi connectivity index (χ0v) is 35.5. The quantitative estimate of drug-likeness (QED) is 0.0273. The summed E-state index contributed by atoms with van der Waals surface area (Å²) in [5.41, 5.74) is -0.694. The van der Waals surface area contributed by atoms with Gasteiger partial charge in [-0.1, -0.05) is 98.8 Å². The van der Waals surface area contributed by atoms with Gasteiger partial charge >= 0.3 is 5.97 Å². The summed E-state index contributed by atoms with van der Waals surface area (Å²) < 4.78 is 38.7. The Bertz CT molecular complexity index is 1740. The van der Waals surface area contributed by atoms with Crippen LogP contribution in [0, 0.1) is 5.41 Å². The maximum absolute atomic E-state index is 13.4. The van der Waals surface area contributed by atoms with Crippen LogP contribution in [-0.4, -0.2) is 39.0 Å². The first-order chi connectivity index (χ1) is 26.7. The first kappa shape index (κ1) is 43.9. The van der Waals surface area contributed by atoms with Gasteiger partial charge in [-0.05, 0) is 122 Å². The molecular formula is C48H70O7. The van der Waals surface area contributed by atoms with E-state index < -0.39 is 5.41 Å². The molecule has 0 aromatic heterocycles. The molecule has 0 N–H and O–H groups in total. The molecule has 0 aliphatic carbocycles. The van der Waals surface area contributed by atoms with Crippen LogP contribution in [0.2, 0.25) is 0 Å². The van der Waals surface area contributed by atoms with Crippen molar-refractivity contribution in [1.29, 1.82) is 0 Å². The van der Waals surface area contributed by atoms with E-state index in [0.29, 0.717) is 44.5 Å². The molecule has 0 heterocycles. The molecule has 0 spiro atoms. The minimum atomic E-state index is -0.694. The van der Waals surface area contributed by atoms with Gasteiger partial charge in [0.1, 0.15) is 0 Å². The number of hydrogen-bond acceptors (Lipinski definition) is 7. The second-order valence-electron chi connectivity index (χ2n) is 16.0. The first-order valence-electron chi connectivity index (χ1n) is 21.6. The molecule has 0 fully saturated rings. The van der Waals surface area contributed by atoms with Gasteiger partial charge in [0.2, 0.25) is 0 Å². The number of fused-ring (bicyclic) bond motifs is 6. The highest BCUT2D eigenvalue weighted by Crippen LogP contribution is 2.47. The molecule has 7 nitrogen and oxygen atoms in total. The number of esters is 1. The Morgan fingerprint density at radius 3 is 0.818 bits per heavy atom. The standard InChI is InChI=1S/C48H70O7/c1-9-14-19-24-50-41-29-35-36-30-42(51-25-20-15-10-2)44(53-27-22-17-12-4)32-38(36)40-34-46(55-47(49)48(6,7)8)45(54-28-23-18-13-5)33-39(40)37(35)31-43(41)52-26-21-16-11-3/h29-34H,9-28H2,1-8H3. The number of benzene rings is 4. The Morgan fingerprint density at radius 1 is 0.382 bits per heavy atom. The van der Waals surface area contributed by atoms with E-state index in [1.54, 1.807) is 0 Å². The van der Waals surface area contributed by atoms with Crippen molar-refractivity contribution in [3.8, 4) is 34.5 Å². The topological polar surface area (TPSA) is 72.5 Å². The number of hydrogen-bond donors (Lipinski definition) is 0. The Morgan fingerprint density at radius 2 is 0.600 bits per heavy atom. The largest absolute Gasteiger partial charge is 0.490 e. The van der Waals surface area contributed by atoms with Crippen LogP contribution in [0.4, 0.5) is 0 Å². The second kappa shape index (κ2) is 22.6. The van der Waals surface area contributed by atoms with Crippen LogP contribution in [0.15, 0.2) is 36.4 Å². The molecule has 7 heteroatoms. The average Bonchev–Trinajstić information content (AvgIpc) is 3.17. The van der Waals surface area contributed by atoms with Crippen molar-refractivity contribution in [3.63, 3.8) is 0 Å². The van der Waals surface area contributed by atoms with Gasteiger partial charge in [-0.25, -0.2) is 0 Å². The Hall–Kier alpha value is -3.87. The molecule has 4 aromatic carbocycles. The van der Waals surface area contributed by atoms with E-state index >= 15 is 0 Å². The van der Waals surface area contributed by atoms with Gasteiger partial charge in [-0.15, -0.1) is 0 Å². The first-order valence-corrected chi connectivity index (χ1v) is 21.6. The third-order valence-corrected chi connectivity index (χ3v) is 9.96. The molecule has 4 rings (SSSR count). The van der Waals surface area contributed by atoms with E-state index in [2.05, 4.69) is 58.9 Å².